The van der Waals surface area contributed by atoms with Crippen molar-refractivity contribution < 1.29 is 22.7 Å². The van der Waals surface area contributed by atoms with Gasteiger partial charge < -0.3 is 10.1 Å². The molecule has 0 aromatic heterocycles. The van der Waals surface area contributed by atoms with Crippen LogP contribution in [-0.2, 0) is 19.6 Å². The lowest BCUT2D eigenvalue weighted by Gasteiger charge is -2.31. The van der Waals surface area contributed by atoms with Crippen LogP contribution in [0.1, 0.15) is 47.3 Å². The molecule has 0 aliphatic heterocycles. The van der Waals surface area contributed by atoms with Crippen molar-refractivity contribution in [3.63, 3.8) is 0 Å². The number of rotatable bonds is 8. The average molecular weight is 447 g/mol. The molecule has 0 aliphatic rings. The SMILES string of the molecule is CCOC(=O)c1ccc(NC(=O)[C@H](CC)N(c2cc(C)ccc2C)S(C)(=O)=O)c(C)c1. The number of hydrogen-bond donors (Lipinski definition) is 1. The van der Waals surface area contributed by atoms with Gasteiger partial charge in [0.2, 0.25) is 15.9 Å². The summed E-state index contributed by atoms with van der Waals surface area (Å²) in [5.41, 5.74) is 3.71. The van der Waals surface area contributed by atoms with Gasteiger partial charge in [0.1, 0.15) is 6.04 Å². The molecule has 0 heterocycles. The maximum Gasteiger partial charge on any atom is 0.338 e. The van der Waals surface area contributed by atoms with Crippen LogP contribution in [0, 0.1) is 20.8 Å². The highest BCUT2D eigenvalue weighted by Gasteiger charge is 2.32. The summed E-state index contributed by atoms with van der Waals surface area (Å²) in [4.78, 5) is 25.1. The molecule has 2 aromatic carbocycles. The summed E-state index contributed by atoms with van der Waals surface area (Å²) in [5.74, 6) is -0.881. The van der Waals surface area contributed by atoms with Crippen molar-refractivity contribution in [2.24, 2.45) is 0 Å². The Morgan fingerprint density at radius 1 is 1.03 bits per heavy atom. The number of esters is 1. The highest BCUT2D eigenvalue weighted by molar-refractivity contribution is 7.92. The average Bonchev–Trinajstić information content (AvgIpc) is 2.68. The van der Waals surface area contributed by atoms with Crippen LogP contribution in [0.4, 0.5) is 11.4 Å². The van der Waals surface area contributed by atoms with Crippen molar-refractivity contribution >= 4 is 33.3 Å². The van der Waals surface area contributed by atoms with E-state index in [1.807, 2.05) is 26.0 Å². The zero-order valence-electron chi connectivity index (χ0n) is 18.9. The predicted octanol–water partition coefficient (Wildman–Crippen LogP) is 3.97. The minimum absolute atomic E-state index is 0.272. The highest BCUT2D eigenvalue weighted by atomic mass is 32.2. The minimum atomic E-state index is -3.73. The number of sulfonamides is 1. The van der Waals surface area contributed by atoms with Gasteiger partial charge in [-0.1, -0.05) is 19.1 Å². The first kappa shape index (κ1) is 24.4. The number of carbonyl (C=O) groups is 2. The van der Waals surface area contributed by atoms with Crippen molar-refractivity contribution in [1.29, 1.82) is 0 Å². The van der Waals surface area contributed by atoms with Gasteiger partial charge in [-0.2, -0.15) is 0 Å². The summed E-state index contributed by atoms with van der Waals surface area (Å²) < 4.78 is 31.6. The third kappa shape index (κ3) is 5.85. The second-order valence-electron chi connectivity index (χ2n) is 7.51. The third-order valence-electron chi connectivity index (χ3n) is 4.93. The quantitative estimate of drug-likeness (QED) is 0.620. The van der Waals surface area contributed by atoms with E-state index in [0.29, 0.717) is 22.5 Å². The Morgan fingerprint density at radius 3 is 2.26 bits per heavy atom. The first-order valence-electron chi connectivity index (χ1n) is 10.1. The Hall–Kier alpha value is -2.87. The van der Waals surface area contributed by atoms with Gasteiger partial charge in [0.15, 0.2) is 0 Å². The van der Waals surface area contributed by atoms with Gasteiger partial charge in [-0.15, -0.1) is 0 Å². The smallest absolute Gasteiger partial charge is 0.338 e. The lowest BCUT2D eigenvalue weighted by molar-refractivity contribution is -0.117. The van der Waals surface area contributed by atoms with Gasteiger partial charge in [0.25, 0.3) is 0 Å². The molecule has 0 fully saturated rings. The maximum absolute atomic E-state index is 13.2. The van der Waals surface area contributed by atoms with Gasteiger partial charge in [0.05, 0.1) is 24.1 Å². The topological polar surface area (TPSA) is 92.8 Å². The Balaban J connectivity index is 2.39. The summed E-state index contributed by atoms with van der Waals surface area (Å²) >= 11 is 0. The van der Waals surface area contributed by atoms with Crippen LogP contribution in [0.3, 0.4) is 0 Å². The number of carbonyl (C=O) groups excluding carboxylic acids is 2. The van der Waals surface area contributed by atoms with E-state index in [4.69, 9.17) is 4.74 Å². The summed E-state index contributed by atoms with van der Waals surface area (Å²) in [6.07, 6.45) is 1.39. The number of anilines is 2. The summed E-state index contributed by atoms with van der Waals surface area (Å²) in [6, 6.07) is 9.40. The fourth-order valence-electron chi connectivity index (χ4n) is 3.35. The molecule has 1 N–H and O–H groups in total. The molecule has 0 aliphatic carbocycles. The zero-order chi connectivity index (χ0) is 23.3. The van der Waals surface area contributed by atoms with E-state index in [-0.39, 0.29) is 13.0 Å². The molecule has 0 unspecified atom stereocenters. The molecule has 2 aromatic rings. The Kier molecular flexibility index (Phi) is 7.84. The number of nitrogens with zero attached hydrogens (tertiary/aromatic N) is 1. The van der Waals surface area contributed by atoms with E-state index >= 15 is 0 Å². The molecule has 7 nitrogen and oxygen atoms in total. The molecule has 0 bridgehead atoms. The first-order valence-corrected chi connectivity index (χ1v) is 12.0. The third-order valence-corrected chi connectivity index (χ3v) is 6.09. The fourth-order valence-corrected chi connectivity index (χ4v) is 4.61. The van der Waals surface area contributed by atoms with E-state index in [1.165, 1.54) is 4.31 Å². The number of benzene rings is 2. The van der Waals surface area contributed by atoms with Crippen LogP contribution < -0.4 is 9.62 Å². The monoisotopic (exact) mass is 446 g/mol. The van der Waals surface area contributed by atoms with E-state index in [1.54, 1.807) is 45.0 Å². The summed E-state index contributed by atoms with van der Waals surface area (Å²) in [6.45, 7) is 9.22. The second-order valence-corrected chi connectivity index (χ2v) is 9.37. The van der Waals surface area contributed by atoms with Crippen LogP contribution in [-0.4, -0.2) is 39.2 Å². The highest BCUT2D eigenvalue weighted by Crippen LogP contribution is 2.28. The minimum Gasteiger partial charge on any atom is -0.462 e. The van der Waals surface area contributed by atoms with Gasteiger partial charge in [0, 0.05) is 5.69 Å². The number of aryl methyl sites for hydroxylation is 3. The van der Waals surface area contributed by atoms with Gasteiger partial charge in [-0.3, -0.25) is 9.10 Å². The van der Waals surface area contributed by atoms with Crippen LogP contribution in [0.25, 0.3) is 0 Å². The fraction of sp³-hybridized carbons (Fsp3) is 0.391. The van der Waals surface area contributed by atoms with Gasteiger partial charge >= 0.3 is 5.97 Å². The van der Waals surface area contributed by atoms with Crippen molar-refractivity contribution in [1.82, 2.24) is 0 Å². The number of amides is 1. The van der Waals surface area contributed by atoms with Crippen molar-refractivity contribution in [3.8, 4) is 0 Å². The summed E-state index contributed by atoms with van der Waals surface area (Å²) in [5, 5.41) is 2.82. The van der Waals surface area contributed by atoms with Gasteiger partial charge in [-0.05, 0) is 75.1 Å². The van der Waals surface area contributed by atoms with E-state index in [9.17, 15) is 18.0 Å². The molecule has 168 valence electrons. The number of nitrogens with one attached hydrogen (secondary N) is 1. The molecule has 0 saturated heterocycles. The Bertz CT molecular complexity index is 1080. The van der Waals surface area contributed by atoms with Crippen molar-refractivity contribution in [2.75, 3.05) is 22.5 Å². The molecule has 0 spiro atoms. The maximum atomic E-state index is 13.2. The van der Waals surface area contributed by atoms with Crippen LogP contribution in [0.15, 0.2) is 36.4 Å². The molecule has 0 saturated carbocycles. The first-order chi connectivity index (χ1) is 14.5. The molecule has 2 rings (SSSR count). The van der Waals surface area contributed by atoms with E-state index in [0.717, 1.165) is 17.4 Å². The largest absolute Gasteiger partial charge is 0.462 e. The zero-order valence-corrected chi connectivity index (χ0v) is 19.7. The molecule has 1 amide bonds. The molecule has 31 heavy (non-hydrogen) atoms. The van der Waals surface area contributed by atoms with Crippen molar-refractivity contribution in [3.05, 3.63) is 58.7 Å². The van der Waals surface area contributed by atoms with Gasteiger partial charge in [-0.25, -0.2) is 13.2 Å². The molecular weight excluding hydrogens is 416 g/mol. The van der Waals surface area contributed by atoms with Crippen LogP contribution in [0.5, 0.6) is 0 Å². The molecule has 8 heteroatoms. The number of ether oxygens (including phenoxy) is 1. The standard InChI is InChI=1S/C23H30N2O5S/c1-7-20(25(31(6,28)29)21-13-15(3)9-10-16(21)4)22(26)24-19-12-11-18(14-17(19)5)23(27)30-8-2/h9-14,20H,7-8H2,1-6H3,(H,24,26)/t20-/m0/s1. The molecular formula is C23H30N2O5S. The normalized spacial score (nSPS) is 12.2. The summed E-state index contributed by atoms with van der Waals surface area (Å²) in [7, 11) is -3.73. The second kappa shape index (κ2) is 9.96. The lowest BCUT2D eigenvalue weighted by atomic mass is 10.1. The van der Waals surface area contributed by atoms with Crippen LogP contribution in [0.2, 0.25) is 0 Å². The Morgan fingerprint density at radius 2 is 1.71 bits per heavy atom. The molecule has 0 radical (unpaired) electrons. The Labute approximate surface area is 184 Å². The van der Waals surface area contributed by atoms with Crippen LogP contribution >= 0.6 is 0 Å². The van der Waals surface area contributed by atoms with E-state index in [2.05, 4.69) is 5.32 Å². The molecule has 1 atom stereocenters. The lowest BCUT2D eigenvalue weighted by Crippen LogP contribution is -2.47. The number of hydrogen-bond acceptors (Lipinski definition) is 5. The van der Waals surface area contributed by atoms with Crippen molar-refractivity contribution in [2.45, 2.75) is 47.1 Å². The van der Waals surface area contributed by atoms with E-state index < -0.39 is 27.9 Å². The predicted molar refractivity (Wildman–Crippen MR) is 123 cm³/mol.